The van der Waals surface area contributed by atoms with Gasteiger partial charge in [-0.3, -0.25) is 9.89 Å². The zero-order chi connectivity index (χ0) is 16.2. The number of aromatic amines is 1. The molecule has 23 heavy (non-hydrogen) atoms. The Morgan fingerprint density at radius 2 is 2.30 bits per heavy atom. The molecule has 0 radical (unpaired) electrons. The largest absolute Gasteiger partial charge is 0.490 e. The molecule has 0 saturated heterocycles. The summed E-state index contributed by atoms with van der Waals surface area (Å²) in [6, 6.07) is 4.26. The lowest BCUT2D eigenvalue weighted by Gasteiger charge is -2.30. The van der Waals surface area contributed by atoms with Crippen molar-refractivity contribution in [3.63, 3.8) is 0 Å². The van der Waals surface area contributed by atoms with E-state index in [1.807, 2.05) is 25.3 Å². The van der Waals surface area contributed by atoms with Gasteiger partial charge in [0.05, 0.1) is 11.7 Å². The molecule has 1 saturated carbocycles. The highest BCUT2D eigenvalue weighted by atomic mass is 16.5. The van der Waals surface area contributed by atoms with E-state index < -0.39 is 0 Å². The van der Waals surface area contributed by atoms with Crippen molar-refractivity contribution in [2.24, 2.45) is 0 Å². The average Bonchev–Trinajstić information content (AvgIpc) is 3.00. The predicted molar refractivity (Wildman–Crippen MR) is 90.6 cm³/mol. The van der Waals surface area contributed by atoms with Crippen molar-refractivity contribution >= 4 is 16.8 Å². The van der Waals surface area contributed by atoms with E-state index in [0.717, 1.165) is 54.3 Å². The first-order chi connectivity index (χ1) is 11.2. The molecular formula is C18H25N3O2. The van der Waals surface area contributed by atoms with Crippen LogP contribution in [0.5, 0.6) is 5.75 Å². The summed E-state index contributed by atoms with van der Waals surface area (Å²) < 4.78 is 6.24. The molecule has 1 aliphatic rings. The Morgan fingerprint density at radius 1 is 1.43 bits per heavy atom. The summed E-state index contributed by atoms with van der Waals surface area (Å²) in [5.41, 5.74) is 2.15. The molecule has 1 heterocycles. The minimum atomic E-state index is 0.161. The summed E-state index contributed by atoms with van der Waals surface area (Å²) in [6.45, 7) is 4.09. The Balaban J connectivity index is 1.64. The molecule has 2 unspecified atom stereocenters. The van der Waals surface area contributed by atoms with Crippen LogP contribution in [-0.4, -0.2) is 28.3 Å². The zero-order valence-corrected chi connectivity index (χ0v) is 13.9. The van der Waals surface area contributed by atoms with Crippen LogP contribution in [0.25, 0.3) is 10.9 Å². The fourth-order valence-corrected chi connectivity index (χ4v) is 3.36. The molecule has 1 aromatic carbocycles. The second kappa shape index (κ2) is 7.02. The number of amides is 1. The highest BCUT2D eigenvalue weighted by Gasteiger charge is 2.25. The molecule has 1 fully saturated rings. The number of hydrogen-bond donors (Lipinski definition) is 2. The van der Waals surface area contributed by atoms with Gasteiger partial charge in [0.25, 0.3) is 0 Å². The van der Waals surface area contributed by atoms with Crippen molar-refractivity contribution in [2.45, 2.75) is 64.5 Å². The fourth-order valence-electron chi connectivity index (χ4n) is 3.36. The lowest BCUT2D eigenvalue weighted by atomic mass is 9.92. The number of hydrogen-bond acceptors (Lipinski definition) is 3. The van der Waals surface area contributed by atoms with Gasteiger partial charge in [-0.1, -0.05) is 6.92 Å². The quantitative estimate of drug-likeness (QED) is 0.887. The molecule has 2 atom stereocenters. The van der Waals surface area contributed by atoms with E-state index in [4.69, 9.17) is 4.74 Å². The number of aryl methyl sites for hydroxylation is 1. The number of benzene rings is 1. The summed E-state index contributed by atoms with van der Waals surface area (Å²) in [6.07, 6.45) is 7.58. The number of carbonyl (C=O) groups excluding carboxylic acids is 1. The van der Waals surface area contributed by atoms with E-state index in [2.05, 4.69) is 22.4 Å². The van der Waals surface area contributed by atoms with E-state index in [9.17, 15) is 4.79 Å². The molecule has 5 heteroatoms. The van der Waals surface area contributed by atoms with Crippen LogP contribution < -0.4 is 10.1 Å². The van der Waals surface area contributed by atoms with Crippen LogP contribution in [0.4, 0.5) is 0 Å². The van der Waals surface area contributed by atoms with Gasteiger partial charge in [-0.25, -0.2) is 0 Å². The van der Waals surface area contributed by atoms with Crippen LogP contribution in [0.2, 0.25) is 0 Å². The minimum absolute atomic E-state index is 0.161. The number of ether oxygens (including phenoxy) is 1. The van der Waals surface area contributed by atoms with Crippen molar-refractivity contribution in [2.75, 3.05) is 0 Å². The van der Waals surface area contributed by atoms with Gasteiger partial charge in [-0.05, 0) is 44.7 Å². The number of fused-ring (bicyclic) bond motifs is 1. The molecule has 124 valence electrons. The molecule has 2 N–H and O–H groups in total. The Morgan fingerprint density at radius 3 is 3.13 bits per heavy atom. The zero-order valence-electron chi connectivity index (χ0n) is 13.9. The maximum absolute atomic E-state index is 11.8. The average molecular weight is 315 g/mol. The maximum atomic E-state index is 11.8. The van der Waals surface area contributed by atoms with Gasteiger partial charge in [-0.15, -0.1) is 0 Å². The third-order valence-corrected chi connectivity index (χ3v) is 4.61. The van der Waals surface area contributed by atoms with Crippen molar-refractivity contribution in [3.8, 4) is 5.75 Å². The Labute approximate surface area is 136 Å². The molecule has 1 amide bonds. The molecule has 0 spiro atoms. The Kier molecular flexibility index (Phi) is 4.84. The van der Waals surface area contributed by atoms with Gasteiger partial charge in [0, 0.05) is 29.8 Å². The van der Waals surface area contributed by atoms with E-state index in [1.54, 1.807) is 0 Å². The van der Waals surface area contributed by atoms with Gasteiger partial charge in [0.2, 0.25) is 5.91 Å². The molecule has 1 aliphatic carbocycles. The van der Waals surface area contributed by atoms with Gasteiger partial charge in [-0.2, -0.15) is 5.10 Å². The van der Waals surface area contributed by atoms with E-state index in [1.165, 1.54) is 0 Å². The topological polar surface area (TPSA) is 67.0 Å². The van der Waals surface area contributed by atoms with Gasteiger partial charge in [0.15, 0.2) is 0 Å². The van der Waals surface area contributed by atoms with Crippen LogP contribution in [0, 0.1) is 6.92 Å². The van der Waals surface area contributed by atoms with Gasteiger partial charge >= 0.3 is 0 Å². The second-order valence-electron chi connectivity index (χ2n) is 6.44. The number of nitrogens with zero attached hydrogens (tertiary/aromatic N) is 1. The summed E-state index contributed by atoms with van der Waals surface area (Å²) in [5.74, 6) is 1.08. The number of H-pyrrole nitrogens is 1. The van der Waals surface area contributed by atoms with Crippen molar-refractivity contribution < 1.29 is 9.53 Å². The minimum Gasteiger partial charge on any atom is -0.490 e. The summed E-state index contributed by atoms with van der Waals surface area (Å²) >= 11 is 0. The Hall–Kier alpha value is -2.04. The SMILES string of the molecule is CCCC(=O)NC1CCCC(Oc2ccc3[nH]ncc3c2C)C1. The van der Waals surface area contributed by atoms with Crippen LogP contribution in [0.3, 0.4) is 0 Å². The molecule has 0 aliphatic heterocycles. The van der Waals surface area contributed by atoms with Crippen LogP contribution >= 0.6 is 0 Å². The van der Waals surface area contributed by atoms with E-state index >= 15 is 0 Å². The summed E-state index contributed by atoms with van der Waals surface area (Å²) in [7, 11) is 0. The molecule has 3 rings (SSSR count). The molecule has 0 bridgehead atoms. The third-order valence-electron chi connectivity index (χ3n) is 4.61. The maximum Gasteiger partial charge on any atom is 0.220 e. The number of carbonyl (C=O) groups is 1. The Bertz CT molecular complexity index is 680. The number of nitrogens with one attached hydrogen (secondary N) is 2. The van der Waals surface area contributed by atoms with Crippen LogP contribution in [-0.2, 0) is 4.79 Å². The fraction of sp³-hybridized carbons (Fsp3) is 0.556. The van der Waals surface area contributed by atoms with Crippen molar-refractivity contribution in [3.05, 3.63) is 23.9 Å². The van der Waals surface area contributed by atoms with Crippen molar-refractivity contribution in [1.82, 2.24) is 15.5 Å². The van der Waals surface area contributed by atoms with E-state index in [0.29, 0.717) is 6.42 Å². The van der Waals surface area contributed by atoms with Gasteiger partial charge in [0.1, 0.15) is 11.9 Å². The number of aromatic nitrogens is 2. The molecule has 5 nitrogen and oxygen atoms in total. The summed E-state index contributed by atoms with van der Waals surface area (Å²) in [4.78, 5) is 11.8. The van der Waals surface area contributed by atoms with E-state index in [-0.39, 0.29) is 18.1 Å². The van der Waals surface area contributed by atoms with Crippen molar-refractivity contribution in [1.29, 1.82) is 0 Å². The van der Waals surface area contributed by atoms with Crippen LogP contribution in [0.1, 0.15) is 51.0 Å². The number of rotatable bonds is 5. The first kappa shape index (κ1) is 15.8. The molecule has 1 aromatic heterocycles. The van der Waals surface area contributed by atoms with Crippen LogP contribution in [0.15, 0.2) is 18.3 Å². The highest BCUT2D eigenvalue weighted by molar-refractivity contribution is 5.83. The standard InChI is InChI=1S/C18H25N3O2/c1-3-5-18(22)20-13-6-4-7-14(10-13)23-17-9-8-16-15(12(17)2)11-19-21-16/h8-9,11,13-14H,3-7,10H2,1-2H3,(H,19,21)(H,20,22). The monoisotopic (exact) mass is 315 g/mol. The molecule has 2 aromatic rings. The summed E-state index contributed by atoms with van der Waals surface area (Å²) in [5, 5.41) is 11.3. The first-order valence-corrected chi connectivity index (χ1v) is 8.56. The first-order valence-electron chi connectivity index (χ1n) is 8.56. The highest BCUT2D eigenvalue weighted by Crippen LogP contribution is 2.30. The lowest BCUT2D eigenvalue weighted by molar-refractivity contribution is -0.122. The third kappa shape index (κ3) is 3.66. The molecular weight excluding hydrogens is 290 g/mol. The second-order valence-corrected chi connectivity index (χ2v) is 6.44. The smallest absolute Gasteiger partial charge is 0.220 e. The lowest BCUT2D eigenvalue weighted by Crippen LogP contribution is -2.41. The van der Waals surface area contributed by atoms with Gasteiger partial charge < -0.3 is 10.1 Å². The predicted octanol–water partition coefficient (Wildman–Crippen LogP) is 3.48. The normalized spacial score (nSPS) is 21.3.